The molecule has 2 rings (SSSR count). The molecule has 0 bridgehead atoms. The van der Waals surface area contributed by atoms with Gasteiger partial charge in [0.15, 0.2) is 0 Å². The molecule has 0 spiro atoms. The maximum Gasteiger partial charge on any atom is 0.416 e. The van der Waals surface area contributed by atoms with E-state index in [2.05, 4.69) is 12.2 Å². The number of rotatable bonds is 5. The number of nitrogens with one attached hydrogen (secondary N) is 1. The summed E-state index contributed by atoms with van der Waals surface area (Å²) in [4.78, 5) is 0. The maximum atomic E-state index is 12.7. The highest BCUT2D eigenvalue weighted by Crippen LogP contribution is 2.43. The molecule has 1 aliphatic rings. The topological polar surface area (TPSA) is 12.0 Å². The van der Waals surface area contributed by atoms with Crippen LogP contribution in [0.4, 0.5) is 13.2 Å². The Bertz CT molecular complexity index is 422. The van der Waals surface area contributed by atoms with Gasteiger partial charge in [0.2, 0.25) is 0 Å². The van der Waals surface area contributed by atoms with Crippen LogP contribution in [0, 0.1) is 5.41 Å². The summed E-state index contributed by atoms with van der Waals surface area (Å²) in [6.45, 7) is 3.86. The Kier molecular flexibility index (Phi) is 4.19. The summed E-state index contributed by atoms with van der Waals surface area (Å²) in [5.41, 5.74) is 0.426. The first-order valence-corrected chi connectivity index (χ1v) is 6.82. The fourth-order valence-corrected chi connectivity index (χ4v) is 2.77. The Morgan fingerprint density at radius 2 is 2.00 bits per heavy atom. The number of hydrogen-bond donors (Lipinski definition) is 1. The van der Waals surface area contributed by atoms with Crippen LogP contribution in [0.2, 0.25) is 0 Å². The van der Waals surface area contributed by atoms with Crippen LogP contribution in [0.5, 0.6) is 0 Å². The van der Waals surface area contributed by atoms with E-state index in [1.165, 1.54) is 18.6 Å². The van der Waals surface area contributed by atoms with Gasteiger partial charge in [0, 0.05) is 6.54 Å². The van der Waals surface area contributed by atoms with Crippen LogP contribution in [0.15, 0.2) is 24.3 Å². The second-order valence-electron chi connectivity index (χ2n) is 5.51. The molecule has 1 fully saturated rings. The van der Waals surface area contributed by atoms with Gasteiger partial charge in [-0.1, -0.05) is 31.5 Å². The number of alkyl halides is 3. The monoisotopic (exact) mass is 271 g/mol. The third kappa shape index (κ3) is 3.50. The summed E-state index contributed by atoms with van der Waals surface area (Å²) in [7, 11) is 0. The standard InChI is InChI=1S/C15H20F3N/c1-2-19-11-14(7-4-8-14)10-12-5-3-6-13(9-12)15(16,17)18/h3,5-6,9,19H,2,4,7-8,10-11H2,1H3. The lowest BCUT2D eigenvalue weighted by Crippen LogP contribution is -2.41. The molecule has 0 aliphatic heterocycles. The van der Waals surface area contributed by atoms with Crippen molar-refractivity contribution in [3.63, 3.8) is 0 Å². The molecule has 0 amide bonds. The first-order chi connectivity index (χ1) is 8.95. The van der Waals surface area contributed by atoms with Gasteiger partial charge in [0.1, 0.15) is 0 Å². The number of halogens is 3. The minimum atomic E-state index is -4.25. The van der Waals surface area contributed by atoms with Crippen LogP contribution in [0.3, 0.4) is 0 Å². The fraction of sp³-hybridized carbons (Fsp3) is 0.600. The first kappa shape index (κ1) is 14.4. The molecule has 0 aromatic heterocycles. The van der Waals surface area contributed by atoms with Crippen molar-refractivity contribution in [2.75, 3.05) is 13.1 Å². The number of benzene rings is 1. The second kappa shape index (κ2) is 5.53. The number of hydrogen-bond acceptors (Lipinski definition) is 1. The largest absolute Gasteiger partial charge is 0.416 e. The smallest absolute Gasteiger partial charge is 0.316 e. The van der Waals surface area contributed by atoms with Crippen molar-refractivity contribution in [1.29, 1.82) is 0 Å². The molecule has 1 saturated carbocycles. The van der Waals surface area contributed by atoms with Crippen molar-refractivity contribution >= 4 is 0 Å². The average Bonchev–Trinajstić information content (AvgIpc) is 2.32. The minimum absolute atomic E-state index is 0.167. The van der Waals surface area contributed by atoms with Gasteiger partial charge in [-0.05, 0) is 42.9 Å². The summed E-state index contributed by atoms with van der Waals surface area (Å²) in [5, 5.41) is 3.33. The van der Waals surface area contributed by atoms with Gasteiger partial charge in [-0.3, -0.25) is 0 Å². The molecule has 0 atom stereocenters. The molecule has 0 heterocycles. The molecule has 0 radical (unpaired) electrons. The molecule has 1 aromatic rings. The van der Waals surface area contributed by atoms with E-state index in [0.29, 0.717) is 0 Å². The van der Waals surface area contributed by atoms with Crippen molar-refractivity contribution < 1.29 is 13.2 Å². The van der Waals surface area contributed by atoms with Crippen LogP contribution < -0.4 is 5.32 Å². The van der Waals surface area contributed by atoms with Gasteiger partial charge in [-0.2, -0.15) is 13.2 Å². The van der Waals surface area contributed by atoms with Gasteiger partial charge in [0.05, 0.1) is 5.56 Å². The van der Waals surface area contributed by atoms with E-state index in [0.717, 1.165) is 44.0 Å². The summed E-state index contributed by atoms with van der Waals surface area (Å²) in [5.74, 6) is 0. The second-order valence-corrected chi connectivity index (χ2v) is 5.51. The highest BCUT2D eigenvalue weighted by molar-refractivity contribution is 5.27. The van der Waals surface area contributed by atoms with Crippen molar-refractivity contribution in [3.05, 3.63) is 35.4 Å². The lowest BCUT2D eigenvalue weighted by atomic mass is 9.65. The molecular weight excluding hydrogens is 251 g/mol. The van der Waals surface area contributed by atoms with Crippen molar-refractivity contribution in [2.24, 2.45) is 5.41 Å². The van der Waals surface area contributed by atoms with Crippen molar-refractivity contribution in [3.8, 4) is 0 Å². The van der Waals surface area contributed by atoms with Crippen LogP contribution in [0.1, 0.15) is 37.3 Å². The molecule has 106 valence electrons. The van der Waals surface area contributed by atoms with Crippen LogP contribution in [-0.4, -0.2) is 13.1 Å². The van der Waals surface area contributed by atoms with Gasteiger partial charge in [-0.25, -0.2) is 0 Å². The zero-order chi connectivity index (χ0) is 13.9. The van der Waals surface area contributed by atoms with E-state index in [9.17, 15) is 13.2 Å². The lowest BCUT2D eigenvalue weighted by molar-refractivity contribution is -0.137. The van der Waals surface area contributed by atoms with E-state index in [1.54, 1.807) is 6.07 Å². The first-order valence-electron chi connectivity index (χ1n) is 6.82. The Morgan fingerprint density at radius 1 is 1.26 bits per heavy atom. The molecule has 0 saturated heterocycles. The molecule has 1 aromatic carbocycles. The fourth-order valence-electron chi connectivity index (χ4n) is 2.77. The quantitative estimate of drug-likeness (QED) is 0.852. The van der Waals surface area contributed by atoms with E-state index >= 15 is 0 Å². The summed E-state index contributed by atoms with van der Waals surface area (Å²) < 4.78 is 38.1. The van der Waals surface area contributed by atoms with E-state index in [4.69, 9.17) is 0 Å². The van der Waals surface area contributed by atoms with Gasteiger partial charge >= 0.3 is 6.18 Å². The molecule has 4 heteroatoms. The molecular formula is C15H20F3N. The van der Waals surface area contributed by atoms with Crippen molar-refractivity contribution in [2.45, 2.75) is 38.8 Å². The predicted molar refractivity (Wildman–Crippen MR) is 70.0 cm³/mol. The Balaban J connectivity index is 2.10. The maximum absolute atomic E-state index is 12.7. The SMILES string of the molecule is CCNCC1(Cc2cccc(C(F)(F)F)c2)CCC1. The third-order valence-corrected chi connectivity index (χ3v) is 4.00. The normalized spacial score (nSPS) is 18.1. The molecule has 1 aliphatic carbocycles. The van der Waals surface area contributed by atoms with Crippen LogP contribution >= 0.6 is 0 Å². The van der Waals surface area contributed by atoms with Crippen LogP contribution in [-0.2, 0) is 12.6 Å². The van der Waals surface area contributed by atoms with Gasteiger partial charge in [0.25, 0.3) is 0 Å². The van der Waals surface area contributed by atoms with E-state index in [-0.39, 0.29) is 5.41 Å². The molecule has 19 heavy (non-hydrogen) atoms. The highest BCUT2D eigenvalue weighted by atomic mass is 19.4. The Hall–Kier alpha value is -1.03. The Labute approximate surface area is 112 Å². The summed E-state index contributed by atoms with van der Waals surface area (Å²) in [6.07, 6.45) is -0.106. The van der Waals surface area contributed by atoms with Crippen molar-refractivity contribution in [1.82, 2.24) is 5.32 Å². The minimum Gasteiger partial charge on any atom is -0.316 e. The van der Waals surface area contributed by atoms with E-state index < -0.39 is 11.7 Å². The highest BCUT2D eigenvalue weighted by Gasteiger charge is 2.37. The molecule has 1 nitrogen and oxygen atoms in total. The lowest BCUT2D eigenvalue weighted by Gasteiger charge is -2.42. The third-order valence-electron chi connectivity index (χ3n) is 4.00. The average molecular weight is 271 g/mol. The van der Waals surface area contributed by atoms with E-state index in [1.807, 2.05) is 0 Å². The molecule has 1 N–H and O–H groups in total. The molecule has 0 unspecified atom stereocenters. The van der Waals surface area contributed by atoms with Gasteiger partial charge in [-0.15, -0.1) is 0 Å². The zero-order valence-corrected chi connectivity index (χ0v) is 11.2. The summed E-state index contributed by atoms with van der Waals surface area (Å²) in [6, 6.07) is 5.76. The van der Waals surface area contributed by atoms with Crippen LogP contribution in [0.25, 0.3) is 0 Å². The Morgan fingerprint density at radius 3 is 2.53 bits per heavy atom. The predicted octanol–water partition coefficient (Wildman–Crippen LogP) is 4.03. The zero-order valence-electron chi connectivity index (χ0n) is 11.2. The summed E-state index contributed by atoms with van der Waals surface area (Å²) >= 11 is 0. The van der Waals surface area contributed by atoms with Gasteiger partial charge < -0.3 is 5.32 Å².